The van der Waals surface area contributed by atoms with Gasteiger partial charge in [0, 0.05) is 18.8 Å². The lowest BCUT2D eigenvalue weighted by Crippen LogP contribution is -2.31. The molecule has 1 fully saturated rings. The molecule has 0 radical (unpaired) electrons. The van der Waals surface area contributed by atoms with E-state index in [-0.39, 0.29) is 0 Å². The first kappa shape index (κ1) is 20.1. The van der Waals surface area contributed by atoms with Crippen molar-refractivity contribution in [3.05, 3.63) is 24.3 Å². The van der Waals surface area contributed by atoms with Crippen LogP contribution in [0.2, 0.25) is 0 Å². The van der Waals surface area contributed by atoms with Crippen LogP contribution in [0.25, 0.3) is 0 Å². The molecule has 2 heteroatoms. The molecule has 0 saturated heterocycles. The highest BCUT2D eigenvalue weighted by Crippen LogP contribution is 2.27. The Balaban J connectivity index is 1.82. The van der Waals surface area contributed by atoms with E-state index in [1.54, 1.807) is 7.11 Å². The predicted molar refractivity (Wildman–Crippen MR) is 110 cm³/mol. The van der Waals surface area contributed by atoms with Gasteiger partial charge in [0.05, 0.1) is 7.11 Å². The van der Waals surface area contributed by atoms with Gasteiger partial charge in [-0.1, -0.05) is 64.7 Å². The van der Waals surface area contributed by atoms with Gasteiger partial charge in [0.2, 0.25) is 0 Å². The Morgan fingerprint density at radius 3 is 2.16 bits per heavy atom. The Labute approximate surface area is 156 Å². The van der Waals surface area contributed by atoms with E-state index in [1.807, 2.05) is 0 Å². The second-order valence-electron chi connectivity index (χ2n) is 7.77. The van der Waals surface area contributed by atoms with Gasteiger partial charge < -0.3 is 9.64 Å². The highest BCUT2D eigenvalue weighted by Gasteiger charge is 2.17. The summed E-state index contributed by atoms with van der Waals surface area (Å²) in [5.41, 5.74) is 1.37. The monoisotopic (exact) mass is 345 g/mol. The van der Waals surface area contributed by atoms with E-state index in [0.29, 0.717) is 0 Å². The number of hydrogen-bond donors (Lipinski definition) is 0. The molecule has 1 aromatic rings. The SMILES string of the molecule is CCCCCCCCCN(CC1CCCCC1)c1ccc(OC)cc1. The zero-order valence-electron chi connectivity index (χ0n) is 16.6. The summed E-state index contributed by atoms with van der Waals surface area (Å²) in [6, 6.07) is 8.69. The fourth-order valence-corrected chi connectivity index (χ4v) is 4.06. The highest BCUT2D eigenvalue weighted by atomic mass is 16.5. The van der Waals surface area contributed by atoms with Crippen molar-refractivity contribution in [1.82, 2.24) is 0 Å². The molecule has 2 rings (SSSR count). The van der Waals surface area contributed by atoms with E-state index in [2.05, 4.69) is 36.1 Å². The Hall–Kier alpha value is -1.18. The number of anilines is 1. The highest BCUT2D eigenvalue weighted by molar-refractivity contribution is 5.49. The third-order valence-electron chi connectivity index (χ3n) is 5.67. The molecule has 0 N–H and O–H groups in total. The minimum atomic E-state index is 0.889. The second-order valence-corrected chi connectivity index (χ2v) is 7.77. The molecule has 0 aliphatic heterocycles. The summed E-state index contributed by atoms with van der Waals surface area (Å²) in [5.74, 6) is 1.85. The summed E-state index contributed by atoms with van der Waals surface area (Å²) in [7, 11) is 1.74. The number of methoxy groups -OCH3 is 1. The summed E-state index contributed by atoms with van der Waals surface area (Å²) in [4.78, 5) is 2.64. The van der Waals surface area contributed by atoms with Crippen LogP contribution in [-0.2, 0) is 0 Å². The topological polar surface area (TPSA) is 12.5 Å². The molecule has 0 spiro atoms. The third-order valence-corrected chi connectivity index (χ3v) is 5.67. The first-order valence-corrected chi connectivity index (χ1v) is 10.7. The maximum atomic E-state index is 5.33. The molecule has 142 valence electrons. The van der Waals surface area contributed by atoms with Crippen LogP contribution in [-0.4, -0.2) is 20.2 Å². The molecule has 1 aliphatic rings. The van der Waals surface area contributed by atoms with E-state index in [9.17, 15) is 0 Å². The van der Waals surface area contributed by atoms with Gasteiger partial charge in [0.25, 0.3) is 0 Å². The van der Waals surface area contributed by atoms with Gasteiger partial charge in [-0.25, -0.2) is 0 Å². The molecule has 0 amide bonds. The number of hydrogen-bond acceptors (Lipinski definition) is 2. The van der Waals surface area contributed by atoms with Gasteiger partial charge >= 0.3 is 0 Å². The van der Waals surface area contributed by atoms with E-state index >= 15 is 0 Å². The summed E-state index contributed by atoms with van der Waals surface area (Å²) >= 11 is 0. The standard InChI is InChI=1S/C23H39NO/c1-3-4-5-6-7-8-12-19-24(20-21-13-10-9-11-14-21)22-15-17-23(25-2)18-16-22/h15-18,21H,3-14,19-20H2,1-2H3. The molecule has 1 saturated carbocycles. The van der Waals surface area contributed by atoms with E-state index in [4.69, 9.17) is 4.74 Å². The van der Waals surface area contributed by atoms with Gasteiger partial charge in [-0.2, -0.15) is 0 Å². The summed E-state index contributed by atoms with van der Waals surface area (Å²) in [6.07, 6.45) is 16.8. The van der Waals surface area contributed by atoms with Crippen LogP contribution in [0.5, 0.6) is 5.75 Å². The molecular weight excluding hydrogens is 306 g/mol. The minimum Gasteiger partial charge on any atom is -0.497 e. The van der Waals surface area contributed by atoms with Gasteiger partial charge in [-0.3, -0.25) is 0 Å². The molecule has 1 aliphatic carbocycles. The third kappa shape index (κ3) is 7.71. The van der Waals surface area contributed by atoms with Gasteiger partial charge in [-0.05, 0) is 49.4 Å². The number of unbranched alkanes of at least 4 members (excludes halogenated alkanes) is 6. The Morgan fingerprint density at radius 1 is 0.880 bits per heavy atom. The predicted octanol–water partition coefficient (Wildman–Crippen LogP) is 6.83. The smallest absolute Gasteiger partial charge is 0.119 e. The minimum absolute atomic E-state index is 0.889. The van der Waals surface area contributed by atoms with Crippen molar-refractivity contribution in [2.75, 3.05) is 25.1 Å². The van der Waals surface area contributed by atoms with Crippen molar-refractivity contribution in [1.29, 1.82) is 0 Å². The van der Waals surface area contributed by atoms with Crippen LogP contribution in [0.15, 0.2) is 24.3 Å². The van der Waals surface area contributed by atoms with Crippen molar-refractivity contribution in [2.24, 2.45) is 5.92 Å². The van der Waals surface area contributed by atoms with E-state index in [0.717, 1.165) is 11.7 Å². The average molecular weight is 346 g/mol. The Morgan fingerprint density at radius 2 is 1.52 bits per heavy atom. The average Bonchev–Trinajstić information content (AvgIpc) is 2.67. The van der Waals surface area contributed by atoms with E-state index in [1.165, 1.54) is 95.8 Å². The van der Waals surface area contributed by atoms with E-state index < -0.39 is 0 Å². The van der Waals surface area contributed by atoms with Gasteiger partial charge in [-0.15, -0.1) is 0 Å². The molecule has 0 unspecified atom stereocenters. The van der Waals surface area contributed by atoms with Crippen molar-refractivity contribution >= 4 is 5.69 Å². The zero-order chi connectivity index (χ0) is 17.7. The van der Waals surface area contributed by atoms with Crippen molar-refractivity contribution < 1.29 is 4.74 Å². The maximum absolute atomic E-state index is 5.33. The van der Waals surface area contributed by atoms with Crippen molar-refractivity contribution in [3.63, 3.8) is 0 Å². The van der Waals surface area contributed by atoms with Crippen LogP contribution in [0.3, 0.4) is 0 Å². The largest absolute Gasteiger partial charge is 0.497 e. The molecule has 0 heterocycles. The summed E-state index contributed by atoms with van der Waals surface area (Å²) in [6.45, 7) is 4.73. The van der Waals surface area contributed by atoms with Crippen LogP contribution >= 0.6 is 0 Å². The van der Waals surface area contributed by atoms with Crippen LogP contribution in [0.4, 0.5) is 5.69 Å². The van der Waals surface area contributed by atoms with Crippen LogP contribution < -0.4 is 9.64 Å². The molecule has 0 aromatic heterocycles. The fraction of sp³-hybridized carbons (Fsp3) is 0.739. The second kappa shape index (κ2) is 12.2. The van der Waals surface area contributed by atoms with Crippen LogP contribution in [0, 0.1) is 5.92 Å². The normalized spacial score (nSPS) is 15.3. The first-order valence-electron chi connectivity index (χ1n) is 10.7. The van der Waals surface area contributed by atoms with Crippen LogP contribution in [0.1, 0.15) is 84.0 Å². The molecule has 25 heavy (non-hydrogen) atoms. The number of nitrogens with zero attached hydrogens (tertiary/aromatic N) is 1. The molecule has 2 nitrogen and oxygen atoms in total. The summed E-state index contributed by atoms with van der Waals surface area (Å²) < 4.78 is 5.33. The lowest BCUT2D eigenvalue weighted by Gasteiger charge is -2.31. The fourth-order valence-electron chi connectivity index (χ4n) is 4.06. The lowest BCUT2D eigenvalue weighted by molar-refractivity contribution is 0.357. The number of benzene rings is 1. The molecule has 1 aromatic carbocycles. The molecule has 0 atom stereocenters. The van der Waals surface area contributed by atoms with Gasteiger partial charge in [0.15, 0.2) is 0 Å². The summed E-state index contributed by atoms with van der Waals surface area (Å²) in [5, 5.41) is 0. The molecular formula is C23H39NO. The quantitative estimate of drug-likeness (QED) is 0.385. The first-order chi connectivity index (χ1) is 12.3. The number of rotatable bonds is 12. The zero-order valence-corrected chi connectivity index (χ0v) is 16.6. The van der Waals surface area contributed by atoms with Crippen molar-refractivity contribution in [2.45, 2.75) is 84.0 Å². The van der Waals surface area contributed by atoms with Gasteiger partial charge in [0.1, 0.15) is 5.75 Å². The van der Waals surface area contributed by atoms with Crippen molar-refractivity contribution in [3.8, 4) is 5.75 Å². The number of ether oxygens (including phenoxy) is 1. The molecule has 0 bridgehead atoms. The Kier molecular flexibility index (Phi) is 9.84. The lowest BCUT2D eigenvalue weighted by atomic mass is 9.88. The Bertz CT molecular complexity index is 436. The maximum Gasteiger partial charge on any atom is 0.119 e.